The first-order chi connectivity index (χ1) is 7.13. The topological polar surface area (TPSA) is 57.6 Å². The molecule has 1 atom stereocenters. The SMILES string of the molecule is C#CCC(=O)N1CCCC(CC(=O)O)C1. The third-order valence-corrected chi connectivity index (χ3v) is 2.59. The molecule has 0 aliphatic carbocycles. The minimum absolute atomic E-state index is 0.0624. The van der Waals surface area contributed by atoms with Gasteiger partial charge in [0.05, 0.1) is 6.42 Å². The molecule has 0 saturated carbocycles. The van der Waals surface area contributed by atoms with Crippen LogP contribution in [-0.2, 0) is 9.59 Å². The van der Waals surface area contributed by atoms with Crippen LogP contribution in [0, 0.1) is 18.3 Å². The number of nitrogens with zero attached hydrogens (tertiary/aromatic N) is 1. The number of rotatable bonds is 3. The summed E-state index contributed by atoms with van der Waals surface area (Å²) < 4.78 is 0. The summed E-state index contributed by atoms with van der Waals surface area (Å²) in [5.41, 5.74) is 0. The van der Waals surface area contributed by atoms with Gasteiger partial charge in [-0.15, -0.1) is 6.42 Å². The monoisotopic (exact) mass is 209 g/mol. The second kappa shape index (κ2) is 5.40. The molecule has 1 aliphatic heterocycles. The molecule has 1 saturated heterocycles. The van der Waals surface area contributed by atoms with Gasteiger partial charge in [0.2, 0.25) is 5.91 Å². The molecule has 82 valence electrons. The van der Waals surface area contributed by atoms with Crippen LogP contribution in [0.15, 0.2) is 0 Å². The molecule has 0 bridgehead atoms. The molecule has 0 spiro atoms. The van der Waals surface area contributed by atoms with Gasteiger partial charge < -0.3 is 10.0 Å². The van der Waals surface area contributed by atoms with E-state index in [-0.39, 0.29) is 24.7 Å². The highest BCUT2D eigenvalue weighted by molar-refractivity contribution is 5.78. The van der Waals surface area contributed by atoms with Crippen LogP contribution >= 0.6 is 0 Å². The molecule has 1 unspecified atom stereocenters. The predicted molar refractivity (Wildman–Crippen MR) is 55.0 cm³/mol. The van der Waals surface area contributed by atoms with Gasteiger partial charge in [-0.25, -0.2) is 0 Å². The highest BCUT2D eigenvalue weighted by Crippen LogP contribution is 2.19. The first-order valence-corrected chi connectivity index (χ1v) is 5.06. The number of carbonyl (C=O) groups is 2. The zero-order chi connectivity index (χ0) is 11.3. The Morgan fingerprint density at radius 3 is 2.87 bits per heavy atom. The number of aliphatic carboxylic acids is 1. The molecule has 15 heavy (non-hydrogen) atoms. The zero-order valence-corrected chi connectivity index (χ0v) is 8.61. The van der Waals surface area contributed by atoms with Crippen LogP contribution in [0.1, 0.15) is 25.7 Å². The molecule has 0 radical (unpaired) electrons. The number of carbonyl (C=O) groups excluding carboxylic acids is 1. The van der Waals surface area contributed by atoms with Crippen molar-refractivity contribution in [1.29, 1.82) is 0 Å². The third kappa shape index (κ3) is 3.62. The number of likely N-dealkylation sites (tertiary alicyclic amines) is 1. The Morgan fingerprint density at radius 1 is 1.53 bits per heavy atom. The number of amides is 1. The van der Waals surface area contributed by atoms with Crippen molar-refractivity contribution in [1.82, 2.24) is 4.90 Å². The molecule has 4 nitrogen and oxygen atoms in total. The Kier molecular flexibility index (Phi) is 4.17. The van der Waals surface area contributed by atoms with Gasteiger partial charge in [-0.1, -0.05) is 5.92 Å². The van der Waals surface area contributed by atoms with Gasteiger partial charge in [-0.3, -0.25) is 9.59 Å². The predicted octanol–water partition coefficient (Wildman–Crippen LogP) is 0.723. The number of hydrogen-bond acceptors (Lipinski definition) is 2. The summed E-state index contributed by atoms with van der Waals surface area (Å²) in [5.74, 6) is 1.53. The standard InChI is InChI=1S/C11H15NO3/c1-2-4-10(13)12-6-3-5-9(8-12)7-11(14)15/h1,9H,3-8H2,(H,14,15). The molecule has 0 aromatic heterocycles. The summed E-state index contributed by atoms with van der Waals surface area (Å²) in [6, 6.07) is 0. The van der Waals surface area contributed by atoms with Crippen LogP contribution in [0.2, 0.25) is 0 Å². The van der Waals surface area contributed by atoms with E-state index in [9.17, 15) is 9.59 Å². The lowest BCUT2D eigenvalue weighted by Crippen LogP contribution is -2.40. The molecular formula is C11H15NO3. The second-order valence-electron chi connectivity index (χ2n) is 3.83. The minimum atomic E-state index is -0.800. The Morgan fingerprint density at radius 2 is 2.27 bits per heavy atom. The number of terminal acetylenes is 1. The van der Waals surface area contributed by atoms with Crippen molar-refractivity contribution in [2.24, 2.45) is 5.92 Å². The lowest BCUT2D eigenvalue weighted by atomic mass is 9.95. The van der Waals surface area contributed by atoms with Gasteiger partial charge in [0.15, 0.2) is 0 Å². The minimum Gasteiger partial charge on any atom is -0.481 e. The quantitative estimate of drug-likeness (QED) is 0.697. The summed E-state index contributed by atoms with van der Waals surface area (Å²) in [5, 5.41) is 8.66. The van der Waals surface area contributed by atoms with Crippen LogP contribution in [0.5, 0.6) is 0 Å². The highest BCUT2D eigenvalue weighted by Gasteiger charge is 2.24. The molecular weight excluding hydrogens is 194 g/mol. The van der Waals surface area contributed by atoms with Crippen molar-refractivity contribution in [3.8, 4) is 12.3 Å². The first-order valence-electron chi connectivity index (χ1n) is 5.06. The Bertz CT molecular complexity index is 293. The van der Waals surface area contributed by atoms with E-state index in [2.05, 4.69) is 5.92 Å². The van der Waals surface area contributed by atoms with Crippen molar-refractivity contribution in [2.45, 2.75) is 25.7 Å². The maximum atomic E-state index is 11.5. The van der Waals surface area contributed by atoms with Crippen LogP contribution in [0.4, 0.5) is 0 Å². The fraction of sp³-hybridized carbons (Fsp3) is 0.636. The maximum Gasteiger partial charge on any atom is 0.303 e. The summed E-state index contributed by atoms with van der Waals surface area (Å²) in [6.07, 6.45) is 7.06. The van der Waals surface area contributed by atoms with E-state index in [4.69, 9.17) is 11.5 Å². The van der Waals surface area contributed by atoms with Gasteiger partial charge >= 0.3 is 5.97 Å². The fourth-order valence-corrected chi connectivity index (χ4v) is 1.90. The molecule has 1 rings (SSSR count). The van der Waals surface area contributed by atoms with Crippen molar-refractivity contribution in [3.63, 3.8) is 0 Å². The van der Waals surface area contributed by atoms with E-state index >= 15 is 0 Å². The zero-order valence-electron chi connectivity index (χ0n) is 8.61. The van der Waals surface area contributed by atoms with E-state index in [1.54, 1.807) is 4.90 Å². The van der Waals surface area contributed by atoms with Crippen LogP contribution in [-0.4, -0.2) is 35.0 Å². The number of carboxylic acid groups (broad SMARTS) is 1. The highest BCUT2D eigenvalue weighted by atomic mass is 16.4. The smallest absolute Gasteiger partial charge is 0.303 e. The maximum absolute atomic E-state index is 11.5. The Hall–Kier alpha value is -1.50. The number of piperidine rings is 1. The van der Waals surface area contributed by atoms with Crippen molar-refractivity contribution in [2.75, 3.05) is 13.1 Å². The van der Waals surface area contributed by atoms with E-state index in [0.717, 1.165) is 12.8 Å². The first kappa shape index (κ1) is 11.6. The summed E-state index contributed by atoms with van der Waals surface area (Å²) in [7, 11) is 0. The van der Waals surface area contributed by atoms with Crippen LogP contribution < -0.4 is 0 Å². The number of carboxylic acids is 1. The average molecular weight is 209 g/mol. The summed E-state index contributed by atoms with van der Waals surface area (Å²) in [4.78, 5) is 23.7. The van der Waals surface area contributed by atoms with Gasteiger partial charge in [0.1, 0.15) is 0 Å². The lowest BCUT2D eigenvalue weighted by molar-refractivity contribution is -0.140. The van der Waals surface area contributed by atoms with Crippen molar-refractivity contribution in [3.05, 3.63) is 0 Å². The van der Waals surface area contributed by atoms with E-state index in [1.807, 2.05) is 0 Å². The summed E-state index contributed by atoms with van der Waals surface area (Å²) >= 11 is 0. The van der Waals surface area contributed by atoms with Gasteiger partial charge in [-0.05, 0) is 18.8 Å². The molecule has 1 amide bonds. The number of hydrogen-bond donors (Lipinski definition) is 1. The fourth-order valence-electron chi connectivity index (χ4n) is 1.90. The van der Waals surface area contributed by atoms with E-state index in [0.29, 0.717) is 13.1 Å². The third-order valence-electron chi connectivity index (χ3n) is 2.59. The molecule has 1 aliphatic rings. The van der Waals surface area contributed by atoms with Gasteiger partial charge in [0, 0.05) is 19.5 Å². The largest absolute Gasteiger partial charge is 0.481 e. The summed E-state index contributed by atoms with van der Waals surface area (Å²) in [6.45, 7) is 1.24. The second-order valence-corrected chi connectivity index (χ2v) is 3.83. The van der Waals surface area contributed by atoms with Gasteiger partial charge in [-0.2, -0.15) is 0 Å². The lowest BCUT2D eigenvalue weighted by Gasteiger charge is -2.31. The molecule has 1 N–H and O–H groups in total. The van der Waals surface area contributed by atoms with E-state index < -0.39 is 5.97 Å². The average Bonchev–Trinajstić information content (AvgIpc) is 2.17. The van der Waals surface area contributed by atoms with E-state index in [1.165, 1.54) is 0 Å². The molecule has 1 heterocycles. The van der Waals surface area contributed by atoms with Crippen LogP contribution in [0.25, 0.3) is 0 Å². The Balaban J connectivity index is 2.45. The molecule has 0 aromatic rings. The Labute approximate surface area is 89.3 Å². The van der Waals surface area contributed by atoms with Gasteiger partial charge in [0.25, 0.3) is 0 Å². The molecule has 0 aromatic carbocycles. The van der Waals surface area contributed by atoms with Crippen molar-refractivity contribution >= 4 is 11.9 Å². The molecule has 1 fully saturated rings. The van der Waals surface area contributed by atoms with Crippen molar-refractivity contribution < 1.29 is 14.7 Å². The molecule has 4 heteroatoms. The van der Waals surface area contributed by atoms with Crippen LogP contribution in [0.3, 0.4) is 0 Å². The normalized spacial score (nSPS) is 20.7.